The van der Waals surface area contributed by atoms with E-state index in [1.807, 2.05) is 61.7 Å². The maximum absolute atomic E-state index is 13.3. The number of hydrogen-bond donors (Lipinski definition) is 0. The molecule has 0 atom stereocenters. The molecule has 0 bridgehead atoms. The number of carbonyl (C=O) groups is 2. The summed E-state index contributed by atoms with van der Waals surface area (Å²) in [7, 11) is 3.48. The summed E-state index contributed by atoms with van der Waals surface area (Å²) < 4.78 is 10.9. The number of pyridine rings is 1. The molecule has 6 nitrogen and oxygen atoms in total. The van der Waals surface area contributed by atoms with E-state index in [0.717, 1.165) is 46.5 Å². The summed E-state index contributed by atoms with van der Waals surface area (Å²) in [6, 6.07) is 15.3. The number of carbonyl (C=O) groups excluding carboxylic acids is 2. The number of aromatic nitrogens is 1. The molecular weight excluding hydrogens is 416 g/mol. The predicted octanol–water partition coefficient (Wildman–Crippen LogP) is 4.33. The molecule has 3 aromatic rings. The third kappa shape index (κ3) is 3.86. The van der Waals surface area contributed by atoms with Gasteiger partial charge in [-0.05, 0) is 66.8 Å². The Bertz CT molecular complexity index is 1240. The van der Waals surface area contributed by atoms with Gasteiger partial charge in [0.25, 0.3) is 5.91 Å². The number of hydrogen-bond acceptors (Lipinski definition) is 5. The summed E-state index contributed by atoms with van der Waals surface area (Å²) >= 11 is 0. The number of amides is 1. The Morgan fingerprint density at radius 3 is 2.39 bits per heavy atom. The standard InChI is InChI=1S/C27H26N2O4/c1-17-12-21(28-15-22(17)18-4-6-19(7-5-18)26(31)29(2)3)14-25(30)27(10-11-27)20-8-9-23-24(13-20)33-16-32-23/h4-9,12-13,15H,10-11,14,16H2,1-3H3. The smallest absolute Gasteiger partial charge is 0.253 e. The molecule has 0 unspecified atom stereocenters. The van der Waals surface area contributed by atoms with Crippen LogP contribution in [0.4, 0.5) is 0 Å². The minimum atomic E-state index is -0.440. The van der Waals surface area contributed by atoms with E-state index < -0.39 is 5.41 Å². The predicted molar refractivity (Wildman–Crippen MR) is 125 cm³/mol. The molecule has 6 heteroatoms. The van der Waals surface area contributed by atoms with Crippen molar-refractivity contribution in [3.63, 3.8) is 0 Å². The van der Waals surface area contributed by atoms with Gasteiger partial charge in [0.2, 0.25) is 6.79 Å². The van der Waals surface area contributed by atoms with Crippen LogP contribution in [0.5, 0.6) is 11.5 Å². The second kappa shape index (κ2) is 8.03. The van der Waals surface area contributed by atoms with E-state index in [2.05, 4.69) is 4.98 Å². The Labute approximate surface area is 193 Å². The summed E-state index contributed by atoms with van der Waals surface area (Å²) in [5, 5.41) is 0. The molecule has 0 radical (unpaired) electrons. The first kappa shape index (κ1) is 21.2. The number of aryl methyl sites for hydroxylation is 1. The second-order valence-electron chi connectivity index (χ2n) is 9.02. The molecule has 0 saturated heterocycles. The summed E-state index contributed by atoms with van der Waals surface area (Å²) in [4.78, 5) is 31.5. The van der Waals surface area contributed by atoms with Crippen molar-refractivity contribution < 1.29 is 19.1 Å². The fourth-order valence-corrected chi connectivity index (χ4v) is 4.45. The highest BCUT2D eigenvalue weighted by atomic mass is 16.7. The van der Waals surface area contributed by atoms with E-state index in [4.69, 9.17) is 9.47 Å². The first-order valence-electron chi connectivity index (χ1n) is 11.1. The van der Waals surface area contributed by atoms with Crippen LogP contribution in [0.2, 0.25) is 0 Å². The van der Waals surface area contributed by atoms with Crippen LogP contribution in [0, 0.1) is 6.92 Å². The van der Waals surface area contributed by atoms with Crippen molar-refractivity contribution in [1.29, 1.82) is 0 Å². The molecule has 1 fully saturated rings. The molecule has 1 aromatic heterocycles. The van der Waals surface area contributed by atoms with Gasteiger partial charge in [0, 0.05) is 43.5 Å². The molecule has 168 valence electrons. The Morgan fingerprint density at radius 2 is 1.73 bits per heavy atom. The van der Waals surface area contributed by atoms with Gasteiger partial charge in [-0.2, -0.15) is 0 Å². The van der Waals surface area contributed by atoms with Gasteiger partial charge in [-0.1, -0.05) is 18.2 Å². The third-order valence-electron chi connectivity index (χ3n) is 6.57. The number of ketones is 1. The van der Waals surface area contributed by atoms with Crippen LogP contribution in [0.1, 0.15) is 40.0 Å². The number of rotatable bonds is 6. The van der Waals surface area contributed by atoms with Gasteiger partial charge < -0.3 is 14.4 Å². The summed E-state index contributed by atoms with van der Waals surface area (Å²) in [6.07, 6.45) is 3.81. The minimum absolute atomic E-state index is 0.0262. The van der Waals surface area contributed by atoms with E-state index in [0.29, 0.717) is 17.7 Å². The van der Waals surface area contributed by atoms with E-state index in [9.17, 15) is 9.59 Å². The molecule has 2 aliphatic rings. The van der Waals surface area contributed by atoms with Crippen molar-refractivity contribution in [3.05, 3.63) is 77.1 Å². The first-order valence-corrected chi connectivity index (χ1v) is 11.1. The summed E-state index contributed by atoms with van der Waals surface area (Å²) in [5.74, 6) is 1.60. The summed E-state index contributed by atoms with van der Waals surface area (Å²) in [5.41, 5.74) is 5.01. The van der Waals surface area contributed by atoms with Crippen LogP contribution in [0.3, 0.4) is 0 Å². The van der Waals surface area contributed by atoms with Crippen LogP contribution in [0.25, 0.3) is 11.1 Å². The van der Waals surface area contributed by atoms with Crippen molar-refractivity contribution in [2.75, 3.05) is 20.9 Å². The van der Waals surface area contributed by atoms with Gasteiger partial charge in [-0.25, -0.2) is 0 Å². The van der Waals surface area contributed by atoms with E-state index in [1.165, 1.54) is 0 Å². The summed E-state index contributed by atoms with van der Waals surface area (Å²) in [6.45, 7) is 2.25. The number of Topliss-reactive ketones (excluding diaryl/α,β-unsaturated/α-hetero) is 1. The highest BCUT2D eigenvalue weighted by Crippen LogP contribution is 2.51. The van der Waals surface area contributed by atoms with E-state index in [-0.39, 0.29) is 18.5 Å². The number of benzene rings is 2. The van der Waals surface area contributed by atoms with Crippen molar-refractivity contribution in [3.8, 4) is 22.6 Å². The second-order valence-corrected chi connectivity index (χ2v) is 9.02. The van der Waals surface area contributed by atoms with Crippen LogP contribution in [0.15, 0.2) is 54.7 Å². The molecule has 1 amide bonds. The SMILES string of the molecule is Cc1cc(CC(=O)C2(c3ccc4c(c3)OCO4)CC2)ncc1-c1ccc(C(=O)N(C)C)cc1. The number of nitrogens with zero attached hydrogens (tertiary/aromatic N) is 2. The normalized spacial score (nSPS) is 15.2. The zero-order valence-electron chi connectivity index (χ0n) is 19.1. The third-order valence-corrected chi connectivity index (χ3v) is 6.57. The Balaban J connectivity index is 1.33. The molecule has 1 saturated carbocycles. The quantitative estimate of drug-likeness (QED) is 0.568. The molecular formula is C27H26N2O4. The maximum Gasteiger partial charge on any atom is 0.253 e. The molecule has 0 N–H and O–H groups in total. The molecule has 2 aromatic carbocycles. The Hall–Kier alpha value is -3.67. The average Bonchev–Trinajstić information content (AvgIpc) is 3.49. The van der Waals surface area contributed by atoms with E-state index in [1.54, 1.807) is 19.0 Å². The highest BCUT2D eigenvalue weighted by Gasteiger charge is 2.51. The zero-order valence-corrected chi connectivity index (χ0v) is 19.1. The maximum atomic E-state index is 13.3. The Morgan fingerprint density at radius 1 is 1.00 bits per heavy atom. The topological polar surface area (TPSA) is 68.7 Å². The van der Waals surface area contributed by atoms with Gasteiger partial charge in [-0.3, -0.25) is 14.6 Å². The molecule has 1 aliphatic carbocycles. The molecule has 2 heterocycles. The van der Waals surface area contributed by atoms with Crippen LogP contribution in [-0.4, -0.2) is 42.5 Å². The van der Waals surface area contributed by atoms with Crippen molar-refractivity contribution in [2.24, 2.45) is 0 Å². The number of fused-ring (bicyclic) bond motifs is 1. The van der Waals surface area contributed by atoms with Gasteiger partial charge in [0.1, 0.15) is 5.78 Å². The fraction of sp³-hybridized carbons (Fsp3) is 0.296. The van der Waals surface area contributed by atoms with Gasteiger partial charge in [-0.15, -0.1) is 0 Å². The monoisotopic (exact) mass is 442 g/mol. The molecule has 1 aliphatic heterocycles. The lowest BCUT2D eigenvalue weighted by molar-refractivity contribution is -0.120. The van der Waals surface area contributed by atoms with Gasteiger partial charge in [0.15, 0.2) is 11.5 Å². The zero-order chi connectivity index (χ0) is 23.2. The van der Waals surface area contributed by atoms with Crippen molar-refractivity contribution >= 4 is 11.7 Å². The Kier molecular flexibility index (Phi) is 5.16. The largest absolute Gasteiger partial charge is 0.454 e. The lowest BCUT2D eigenvalue weighted by Crippen LogP contribution is -2.23. The lowest BCUT2D eigenvalue weighted by Gasteiger charge is -2.16. The van der Waals surface area contributed by atoms with Crippen molar-refractivity contribution in [2.45, 2.75) is 31.6 Å². The van der Waals surface area contributed by atoms with Gasteiger partial charge in [0.05, 0.1) is 5.41 Å². The van der Waals surface area contributed by atoms with Crippen LogP contribution >= 0.6 is 0 Å². The minimum Gasteiger partial charge on any atom is -0.454 e. The van der Waals surface area contributed by atoms with E-state index >= 15 is 0 Å². The molecule has 5 rings (SSSR count). The molecule has 33 heavy (non-hydrogen) atoms. The fourth-order valence-electron chi connectivity index (χ4n) is 4.45. The molecule has 0 spiro atoms. The van der Waals surface area contributed by atoms with Crippen LogP contribution < -0.4 is 9.47 Å². The number of ether oxygens (including phenoxy) is 2. The van der Waals surface area contributed by atoms with Crippen molar-refractivity contribution in [1.82, 2.24) is 9.88 Å². The highest BCUT2D eigenvalue weighted by molar-refractivity contribution is 5.95. The lowest BCUT2D eigenvalue weighted by atomic mass is 9.88. The average molecular weight is 443 g/mol. The van der Waals surface area contributed by atoms with Gasteiger partial charge >= 0.3 is 0 Å². The van der Waals surface area contributed by atoms with Crippen LogP contribution in [-0.2, 0) is 16.6 Å². The first-order chi connectivity index (χ1) is 15.9.